The Labute approximate surface area is 87.6 Å². The minimum absolute atomic E-state index is 0.584. The Morgan fingerprint density at radius 1 is 1.57 bits per heavy atom. The molecule has 1 unspecified atom stereocenters. The van der Waals surface area contributed by atoms with Crippen molar-refractivity contribution in [1.82, 2.24) is 0 Å². The molecule has 1 aliphatic carbocycles. The molecule has 0 aromatic carbocycles. The van der Waals surface area contributed by atoms with Crippen LogP contribution in [0.25, 0.3) is 0 Å². The summed E-state index contributed by atoms with van der Waals surface area (Å²) in [4.78, 5) is 4.51. The Kier molecular flexibility index (Phi) is 4.12. The second kappa shape index (κ2) is 5.14. The first-order valence-electron chi connectivity index (χ1n) is 5.59. The van der Waals surface area contributed by atoms with E-state index in [4.69, 9.17) is 0 Å². The predicted molar refractivity (Wildman–Crippen MR) is 63.6 cm³/mol. The highest BCUT2D eigenvalue weighted by Gasteiger charge is 2.13. The summed E-state index contributed by atoms with van der Waals surface area (Å²) in [6.45, 7) is 8.84. The minimum Gasteiger partial charge on any atom is -0.265 e. The Hall–Kier alpha value is -0.850. The number of hydrogen-bond donors (Lipinski definition) is 0. The van der Waals surface area contributed by atoms with Gasteiger partial charge >= 0.3 is 0 Å². The van der Waals surface area contributed by atoms with E-state index < -0.39 is 0 Å². The number of hydrogen-bond acceptors (Lipinski definition) is 1. The van der Waals surface area contributed by atoms with Gasteiger partial charge in [-0.05, 0) is 30.4 Å². The van der Waals surface area contributed by atoms with Crippen LogP contribution in [0.3, 0.4) is 0 Å². The summed E-state index contributed by atoms with van der Waals surface area (Å²) in [5.74, 6) is 1.20. The lowest BCUT2D eigenvalue weighted by molar-refractivity contribution is 0.652. The molecule has 0 N–H and O–H groups in total. The van der Waals surface area contributed by atoms with E-state index in [2.05, 4.69) is 44.8 Å². The van der Waals surface area contributed by atoms with Crippen LogP contribution in [0.1, 0.15) is 40.5 Å². The standard InChI is InChI=1S/C13H21N/c1-5-8-14-13-9-12(10(2)3)7-6-11(13)4/h7-11H,5-6H2,1-4H3/b14-8-. The van der Waals surface area contributed by atoms with Crippen molar-refractivity contribution >= 4 is 6.21 Å². The number of rotatable bonds is 3. The summed E-state index contributed by atoms with van der Waals surface area (Å²) in [5, 5.41) is 0. The number of allylic oxidation sites excluding steroid dienone is 4. The van der Waals surface area contributed by atoms with E-state index in [9.17, 15) is 0 Å². The average Bonchev–Trinajstić information content (AvgIpc) is 2.16. The normalized spacial score (nSPS) is 22.8. The van der Waals surface area contributed by atoms with Gasteiger partial charge < -0.3 is 0 Å². The molecule has 0 aromatic rings. The smallest absolute Gasteiger partial charge is 0.0433 e. The number of nitrogens with zero attached hydrogens (tertiary/aromatic N) is 1. The molecule has 0 saturated heterocycles. The molecule has 0 amide bonds. The summed E-state index contributed by atoms with van der Waals surface area (Å²) in [6, 6.07) is 0. The monoisotopic (exact) mass is 191 g/mol. The van der Waals surface area contributed by atoms with Crippen LogP contribution in [0.4, 0.5) is 0 Å². The van der Waals surface area contributed by atoms with Crippen LogP contribution in [0.5, 0.6) is 0 Å². The summed E-state index contributed by atoms with van der Waals surface area (Å²) < 4.78 is 0. The third-order valence-corrected chi connectivity index (χ3v) is 2.62. The molecule has 0 spiro atoms. The Bertz CT molecular complexity index is 269. The largest absolute Gasteiger partial charge is 0.265 e. The fourth-order valence-corrected chi connectivity index (χ4v) is 1.57. The third-order valence-electron chi connectivity index (χ3n) is 2.62. The van der Waals surface area contributed by atoms with Crippen molar-refractivity contribution in [2.24, 2.45) is 16.8 Å². The van der Waals surface area contributed by atoms with Crippen LogP contribution < -0.4 is 0 Å². The van der Waals surface area contributed by atoms with Crippen molar-refractivity contribution in [3.8, 4) is 0 Å². The molecule has 0 bridgehead atoms. The highest BCUT2D eigenvalue weighted by molar-refractivity contribution is 5.59. The maximum Gasteiger partial charge on any atom is 0.0433 e. The fraction of sp³-hybridized carbons (Fsp3) is 0.615. The van der Waals surface area contributed by atoms with Crippen LogP contribution in [0.15, 0.2) is 28.4 Å². The third kappa shape index (κ3) is 2.83. The molecule has 1 aliphatic rings. The summed E-state index contributed by atoms with van der Waals surface area (Å²) in [6.07, 6.45) is 8.77. The molecular weight excluding hydrogens is 170 g/mol. The van der Waals surface area contributed by atoms with E-state index in [1.165, 1.54) is 11.3 Å². The average molecular weight is 191 g/mol. The SMILES string of the molecule is CC/C=N\C1=CC(C(C)C)=CCC1C. The molecule has 0 saturated carbocycles. The fourth-order valence-electron chi connectivity index (χ4n) is 1.57. The van der Waals surface area contributed by atoms with Gasteiger partial charge in [0.1, 0.15) is 0 Å². The summed E-state index contributed by atoms with van der Waals surface area (Å²) in [7, 11) is 0. The lowest BCUT2D eigenvalue weighted by atomic mass is 9.90. The van der Waals surface area contributed by atoms with Crippen molar-refractivity contribution < 1.29 is 0 Å². The molecule has 1 heteroatoms. The molecular formula is C13H21N. The maximum absolute atomic E-state index is 4.51. The molecule has 1 atom stereocenters. The van der Waals surface area contributed by atoms with E-state index in [0.29, 0.717) is 11.8 Å². The van der Waals surface area contributed by atoms with Gasteiger partial charge in [-0.2, -0.15) is 0 Å². The molecule has 0 fully saturated rings. The highest BCUT2D eigenvalue weighted by Crippen LogP contribution is 2.27. The summed E-state index contributed by atoms with van der Waals surface area (Å²) >= 11 is 0. The Morgan fingerprint density at radius 2 is 2.29 bits per heavy atom. The molecule has 14 heavy (non-hydrogen) atoms. The van der Waals surface area contributed by atoms with Gasteiger partial charge in [-0.1, -0.05) is 33.8 Å². The topological polar surface area (TPSA) is 12.4 Å². The van der Waals surface area contributed by atoms with Crippen molar-refractivity contribution in [2.45, 2.75) is 40.5 Å². The van der Waals surface area contributed by atoms with E-state index in [0.717, 1.165) is 12.8 Å². The van der Waals surface area contributed by atoms with Gasteiger partial charge in [-0.25, -0.2) is 0 Å². The highest BCUT2D eigenvalue weighted by atomic mass is 14.7. The van der Waals surface area contributed by atoms with Crippen molar-refractivity contribution in [3.63, 3.8) is 0 Å². The van der Waals surface area contributed by atoms with Gasteiger partial charge in [0, 0.05) is 17.8 Å². The minimum atomic E-state index is 0.584. The summed E-state index contributed by atoms with van der Waals surface area (Å²) in [5.41, 5.74) is 2.68. The first-order valence-corrected chi connectivity index (χ1v) is 5.59. The van der Waals surface area contributed by atoms with E-state index in [1.807, 2.05) is 6.21 Å². The van der Waals surface area contributed by atoms with Crippen molar-refractivity contribution in [2.75, 3.05) is 0 Å². The van der Waals surface area contributed by atoms with Crippen LogP contribution in [0.2, 0.25) is 0 Å². The second-order valence-electron chi connectivity index (χ2n) is 4.28. The van der Waals surface area contributed by atoms with Gasteiger partial charge in [-0.3, -0.25) is 4.99 Å². The van der Waals surface area contributed by atoms with Crippen LogP contribution >= 0.6 is 0 Å². The second-order valence-corrected chi connectivity index (χ2v) is 4.28. The zero-order valence-corrected chi connectivity index (χ0v) is 9.75. The molecule has 1 rings (SSSR count). The van der Waals surface area contributed by atoms with Gasteiger partial charge in [0.25, 0.3) is 0 Å². The van der Waals surface area contributed by atoms with Crippen LogP contribution in [-0.4, -0.2) is 6.21 Å². The van der Waals surface area contributed by atoms with Gasteiger partial charge in [0.2, 0.25) is 0 Å². The van der Waals surface area contributed by atoms with Gasteiger partial charge in [0.05, 0.1) is 0 Å². The lowest BCUT2D eigenvalue weighted by Gasteiger charge is -2.19. The van der Waals surface area contributed by atoms with E-state index in [-0.39, 0.29) is 0 Å². The number of aliphatic imine (C=N–C) groups is 1. The lowest BCUT2D eigenvalue weighted by Crippen LogP contribution is -2.05. The Morgan fingerprint density at radius 3 is 2.86 bits per heavy atom. The molecule has 78 valence electrons. The van der Waals surface area contributed by atoms with Crippen LogP contribution in [0, 0.1) is 11.8 Å². The predicted octanol–water partition coefficient (Wildman–Crippen LogP) is 3.97. The zero-order valence-electron chi connectivity index (χ0n) is 9.75. The molecule has 0 aromatic heterocycles. The quantitative estimate of drug-likeness (QED) is 0.598. The molecule has 0 heterocycles. The van der Waals surface area contributed by atoms with Crippen LogP contribution in [-0.2, 0) is 0 Å². The van der Waals surface area contributed by atoms with E-state index >= 15 is 0 Å². The van der Waals surface area contributed by atoms with Crippen molar-refractivity contribution in [3.05, 3.63) is 23.4 Å². The van der Waals surface area contributed by atoms with Gasteiger partial charge in [-0.15, -0.1) is 0 Å². The van der Waals surface area contributed by atoms with Crippen molar-refractivity contribution in [1.29, 1.82) is 0 Å². The first kappa shape index (κ1) is 11.2. The first-order chi connectivity index (χ1) is 6.65. The molecule has 0 aliphatic heterocycles. The maximum atomic E-state index is 4.51. The molecule has 1 nitrogen and oxygen atoms in total. The van der Waals surface area contributed by atoms with Gasteiger partial charge in [0.15, 0.2) is 0 Å². The zero-order chi connectivity index (χ0) is 10.6. The van der Waals surface area contributed by atoms with E-state index in [1.54, 1.807) is 0 Å². The molecule has 0 radical (unpaired) electrons. The Balaban J connectivity index is 2.79.